The van der Waals surface area contributed by atoms with Crippen molar-refractivity contribution in [3.8, 4) is 0 Å². The first-order chi connectivity index (χ1) is 13.1. The molecular weight excluding hydrogens is 345 g/mol. The monoisotopic (exact) mass is 365 g/mol. The Morgan fingerprint density at radius 1 is 1.04 bits per heavy atom. The molecule has 6 heteroatoms. The molecule has 0 bridgehead atoms. The van der Waals surface area contributed by atoms with E-state index in [2.05, 4.69) is 5.10 Å². The summed E-state index contributed by atoms with van der Waals surface area (Å²) < 4.78 is 13.9. The van der Waals surface area contributed by atoms with Crippen molar-refractivity contribution in [2.45, 2.75) is 19.4 Å². The van der Waals surface area contributed by atoms with Crippen LogP contribution in [0, 0.1) is 11.2 Å². The van der Waals surface area contributed by atoms with Crippen molar-refractivity contribution in [1.82, 2.24) is 9.91 Å². The number of rotatable bonds is 3. The number of hydrazone groups is 1. The van der Waals surface area contributed by atoms with E-state index in [1.165, 1.54) is 11.1 Å². The fourth-order valence-electron chi connectivity index (χ4n) is 3.66. The maximum atomic E-state index is 13.9. The van der Waals surface area contributed by atoms with Crippen LogP contribution in [-0.4, -0.2) is 41.0 Å². The van der Waals surface area contributed by atoms with Crippen LogP contribution in [-0.2, 0) is 11.3 Å². The second kappa shape index (κ2) is 6.95. The van der Waals surface area contributed by atoms with Gasteiger partial charge in [-0.05, 0) is 31.0 Å². The van der Waals surface area contributed by atoms with E-state index in [1.54, 1.807) is 41.4 Å². The highest BCUT2D eigenvalue weighted by Crippen LogP contribution is 2.36. The molecule has 2 aliphatic rings. The first-order valence-corrected chi connectivity index (χ1v) is 9.04. The molecule has 1 saturated heterocycles. The van der Waals surface area contributed by atoms with Crippen LogP contribution < -0.4 is 0 Å². The van der Waals surface area contributed by atoms with Gasteiger partial charge in [0.1, 0.15) is 5.82 Å². The Morgan fingerprint density at radius 2 is 1.70 bits per heavy atom. The van der Waals surface area contributed by atoms with Crippen LogP contribution in [0.5, 0.6) is 0 Å². The molecule has 0 saturated carbocycles. The minimum Gasteiger partial charge on any atom is -0.339 e. The van der Waals surface area contributed by atoms with Crippen LogP contribution in [0.1, 0.15) is 28.8 Å². The third kappa shape index (κ3) is 3.23. The molecular formula is C21H20FN3O2. The highest BCUT2D eigenvalue weighted by Gasteiger charge is 2.47. The lowest BCUT2D eigenvalue weighted by Crippen LogP contribution is -2.48. The molecule has 2 aliphatic heterocycles. The Balaban J connectivity index is 1.41. The molecule has 5 nitrogen and oxygen atoms in total. The van der Waals surface area contributed by atoms with Crippen molar-refractivity contribution in [3.05, 3.63) is 71.5 Å². The van der Waals surface area contributed by atoms with E-state index in [9.17, 15) is 14.0 Å². The largest absolute Gasteiger partial charge is 0.339 e. The zero-order valence-corrected chi connectivity index (χ0v) is 14.8. The summed E-state index contributed by atoms with van der Waals surface area (Å²) in [5.41, 5.74) is 0.413. The lowest BCUT2D eigenvalue weighted by Gasteiger charge is -2.36. The van der Waals surface area contributed by atoms with Crippen LogP contribution >= 0.6 is 0 Å². The molecule has 0 aromatic heterocycles. The van der Waals surface area contributed by atoms with Crippen molar-refractivity contribution in [2.75, 3.05) is 13.1 Å². The Labute approximate surface area is 157 Å². The van der Waals surface area contributed by atoms with Crippen LogP contribution in [0.4, 0.5) is 4.39 Å². The van der Waals surface area contributed by atoms with Gasteiger partial charge in [0, 0.05) is 30.4 Å². The van der Waals surface area contributed by atoms with E-state index in [0.717, 1.165) is 0 Å². The number of piperidine rings is 1. The van der Waals surface area contributed by atoms with Crippen LogP contribution in [0.2, 0.25) is 0 Å². The van der Waals surface area contributed by atoms with Crippen LogP contribution in [0.25, 0.3) is 0 Å². The minimum absolute atomic E-state index is 0.0175. The molecule has 138 valence electrons. The van der Waals surface area contributed by atoms with Gasteiger partial charge in [-0.2, -0.15) is 5.10 Å². The molecule has 2 heterocycles. The summed E-state index contributed by atoms with van der Waals surface area (Å²) in [7, 11) is 0. The summed E-state index contributed by atoms with van der Waals surface area (Å²) >= 11 is 0. The van der Waals surface area contributed by atoms with E-state index >= 15 is 0 Å². The van der Waals surface area contributed by atoms with E-state index in [4.69, 9.17) is 0 Å². The van der Waals surface area contributed by atoms with Crippen molar-refractivity contribution in [2.24, 2.45) is 10.5 Å². The molecule has 0 atom stereocenters. The van der Waals surface area contributed by atoms with E-state index in [1.807, 2.05) is 18.2 Å². The first kappa shape index (κ1) is 17.4. The maximum Gasteiger partial charge on any atom is 0.254 e. The second-order valence-electron chi connectivity index (χ2n) is 7.01. The van der Waals surface area contributed by atoms with Crippen molar-refractivity contribution >= 4 is 18.0 Å². The summed E-state index contributed by atoms with van der Waals surface area (Å²) in [6.45, 7) is 1.12. The van der Waals surface area contributed by atoms with Crippen LogP contribution in [0.15, 0.2) is 59.7 Å². The van der Waals surface area contributed by atoms with Gasteiger partial charge in [-0.25, -0.2) is 9.40 Å². The van der Waals surface area contributed by atoms with Crippen LogP contribution in [0.3, 0.4) is 0 Å². The zero-order valence-electron chi connectivity index (χ0n) is 14.8. The fraction of sp³-hybridized carbons (Fsp3) is 0.286. The lowest BCUT2D eigenvalue weighted by molar-refractivity contribution is -0.138. The summed E-state index contributed by atoms with van der Waals surface area (Å²) in [5.74, 6) is -0.474. The minimum atomic E-state index is -0.682. The van der Waals surface area contributed by atoms with Gasteiger partial charge in [0.05, 0.1) is 12.0 Å². The smallest absolute Gasteiger partial charge is 0.254 e. The number of amides is 2. The Kier molecular flexibility index (Phi) is 4.48. The number of benzene rings is 2. The standard InChI is InChI=1S/C21H20FN3O2/c22-18-9-5-4-8-17(18)14-25-20(27)21(15-23-25)10-12-24(13-11-21)19(26)16-6-2-1-3-7-16/h1-9,15H,10-14H2. The third-order valence-corrected chi connectivity index (χ3v) is 5.35. The Hall–Kier alpha value is -3.02. The predicted octanol–water partition coefficient (Wildman–Crippen LogP) is 3.08. The third-order valence-electron chi connectivity index (χ3n) is 5.35. The van der Waals surface area contributed by atoms with Crippen molar-refractivity contribution in [3.63, 3.8) is 0 Å². The molecule has 0 unspecified atom stereocenters. The number of hydrogen-bond donors (Lipinski definition) is 0. The second-order valence-corrected chi connectivity index (χ2v) is 7.01. The van der Waals surface area contributed by atoms with Gasteiger partial charge in [-0.15, -0.1) is 0 Å². The number of halogens is 1. The SMILES string of the molecule is O=C(c1ccccc1)N1CCC2(C=NN(Cc3ccccc3F)C2=O)CC1. The summed E-state index contributed by atoms with van der Waals surface area (Å²) in [5, 5.41) is 5.59. The Bertz CT molecular complexity index is 889. The normalized spacial score (nSPS) is 18.3. The van der Waals surface area contributed by atoms with E-state index < -0.39 is 5.41 Å². The molecule has 0 N–H and O–H groups in total. The average molecular weight is 365 g/mol. The molecule has 2 aromatic carbocycles. The molecule has 1 fully saturated rings. The zero-order chi connectivity index (χ0) is 18.9. The molecule has 2 aromatic rings. The van der Waals surface area contributed by atoms with Gasteiger partial charge in [0.25, 0.3) is 11.8 Å². The van der Waals surface area contributed by atoms with Gasteiger partial charge in [-0.1, -0.05) is 36.4 Å². The fourth-order valence-corrected chi connectivity index (χ4v) is 3.66. The topological polar surface area (TPSA) is 53.0 Å². The quantitative estimate of drug-likeness (QED) is 0.839. The lowest BCUT2D eigenvalue weighted by atomic mass is 9.79. The van der Waals surface area contributed by atoms with Gasteiger partial charge in [0.2, 0.25) is 0 Å². The van der Waals surface area contributed by atoms with E-state index in [0.29, 0.717) is 37.1 Å². The van der Waals surface area contributed by atoms with Gasteiger partial charge < -0.3 is 4.90 Å². The predicted molar refractivity (Wildman–Crippen MR) is 99.5 cm³/mol. The van der Waals surface area contributed by atoms with Crippen molar-refractivity contribution in [1.29, 1.82) is 0 Å². The highest BCUT2D eigenvalue weighted by molar-refractivity contribution is 6.02. The number of carbonyl (C=O) groups excluding carboxylic acids is 2. The molecule has 2 amide bonds. The average Bonchev–Trinajstić information content (AvgIpc) is 3.00. The number of carbonyl (C=O) groups is 2. The number of hydrogen-bond acceptors (Lipinski definition) is 3. The van der Waals surface area contributed by atoms with Gasteiger partial charge in [-0.3, -0.25) is 9.59 Å². The summed E-state index contributed by atoms with van der Waals surface area (Å²) in [6.07, 6.45) is 2.74. The maximum absolute atomic E-state index is 13.9. The first-order valence-electron chi connectivity index (χ1n) is 9.04. The number of nitrogens with zero attached hydrogens (tertiary/aromatic N) is 3. The van der Waals surface area contributed by atoms with Crippen molar-refractivity contribution < 1.29 is 14.0 Å². The molecule has 0 radical (unpaired) electrons. The molecule has 4 rings (SSSR count). The molecule has 0 aliphatic carbocycles. The van der Waals surface area contributed by atoms with Gasteiger partial charge in [0.15, 0.2) is 0 Å². The number of likely N-dealkylation sites (tertiary alicyclic amines) is 1. The van der Waals surface area contributed by atoms with E-state index in [-0.39, 0.29) is 24.2 Å². The highest BCUT2D eigenvalue weighted by atomic mass is 19.1. The molecule has 1 spiro atoms. The van der Waals surface area contributed by atoms with Gasteiger partial charge >= 0.3 is 0 Å². The molecule has 27 heavy (non-hydrogen) atoms. The summed E-state index contributed by atoms with van der Waals surface area (Å²) in [4.78, 5) is 27.3. The summed E-state index contributed by atoms with van der Waals surface area (Å²) in [6, 6.07) is 15.5. The Morgan fingerprint density at radius 3 is 2.41 bits per heavy atom.